The highest BCUT2D eigenvalue weighted by Gasteiger charge is 2.17. The molecule has 0 spiro atoms. The van der Waals surface area contributed by atoms with E-state index in [1.165, 1.54) is 11.5 Å². The van der Waals surface area contributed by atoms with E-state index in [4.69, 9.17) is 0 Å². The van der Waals surface area contributed by atoms with Crippen LogP contribution in [0.1, 0.15) is 0 Å². The van der Waals surface area contributed by atoms with Gasteiger partial charge in [-0.2, -0.15) is 0 Å². The molecule has 1 N–H and O–H groups in total. The molecule has 0 fully saturated rings. The zero-order chi connectivity index (χ0) is 6.10. The maximum Gasteiger partial charge on any atom is 0.0277 e. The SMILES string of the molecule is C1CSC2=C(CNC2)S1. The fourth-order valence-electron chi connectivity index (χ4n) is 1.08. The average molecular weight is 159 g/mol. The van der Waals surface area contributed by atoms with Crippen LogP contribution in [0.2, 0.25) is 0 Å². The summed E-state index contributed by atoms with van der Waals surface area (Å²) in [6.45, 7) is 2.26. The van der Waals surface area contributed by atoms with E-state index in [0.717, 1.165) is 13.1 Å². The Kier molecular flexibility index (Phi) is 1.75. The molecular formula is C6H9NS2. The monoisotopic (exact) mass is 159 g/mol. The Morgan fingerprint density at radius 1 is 1.00 bits per heavy atom. The molecule has 2 aliphatic rings. The third-order valence-corrected chi connectivity index (χ3v) is 4.20. The molecule has 0 saturated carbocycles. The van der Waals surface area contributed by atoms with Crippen molar-refractivity contribution in [2.24, 2.45) is 0 Å². The lowest BCUT2D eigenvalue weighted by Crippen LogP contribution is -2.07. The Balaban J connectivity index is 2.17. The first-order valence-corrected chi connectivity index (χ1v) is 5.12. The second-order valence-corrected chi connectivity index (χ2v) is 4.53. The van der Waals surface area contributed by atoms with E-state index in [9.17, 15) is 0 Å². The molecule has 9 heavy (non-hydrogen) atoms. The quantitative estimate of drug-likeness (QED) is 0.572. The molecule has 0 aromatic heterocycles. The van der Waals surface area contributed by atoms with Crippen LogP contribution < -0.4 is 5.32 Å². The molecule has 0 bridgehead atoms. The summed E-state index contributed by atoms with van der Waals surface area (Å²) in [7, 11) is 0. The van der Waals surface area contributed by atoms with Gasteiger partial charge in [0.15, 0.2) is 0 Å². The first-order valence-electron chi connectivity index (χ1n) is 3.15. The van der Waals surface area contributed by atoms with Crippen LogP contribution in [0.3, 0.4) is 0 Å². The second kappa shape index (κ2) is 2.56. The molecule has 0 amide bonds. The van der Waals surface area contributed by atoms with E-state index in [-0.39, 0.29) is 0 Å². The molecule has 0 unspecified atom stereocenters. The maximum absolute atomic E-state index is 3.35. The molecule has 3 heteroatoms. The van der Waals surface area contributed by atoms with Gasteiger partial charge in [0.05, 0.1) is 0 Å². The number of nitrogens with one attached hydrogen (secondary N) is 1. The minimum absolute atomic E-state index is 1.13. The number of hydrogen-bond acceptors (Lipinski definition) is 3. The van der Waals surface area contributed by atoms with E-state index >= 15 is 0 Å². The Bertz CT molecular complexity index is 137. The van der Waals surface area contributed by atoms with Crippen molar-refractivity contribution in [3.05, 3.63) is 9.81 Å². The largest absolute Gasteiger partial charge is 0.308 e. The van der Waals surface area contributed by atoms with E-state index in [1.54, 1.807) is 9.81 Å². The van der Waals surface area contributed by atoms with Crippen LogP contribution in [0.4, 0.5) is 0 Å². The summed E-state index contributed by atoms with van der Waals surface area (Å²) < 4.78 is 0. The Hall–Kier alpha value is 0.400. The topological polar surface area (TPSA) is 12.0 Å². The second-order valence-electron chi connectivity index (χ2n) is 2.15. The van der Waals surface area contributed by atoms with Crippen molar-refractivity contribution < 1.29 is 0 Å². The molecule has 0 aliphatic carbocycles. The fourth-order valence-corrected chi connectivity index (χ4v) is 3.47. The number of rotatable bonds is 0. The normalized spacial score (nSPS) is 26.7. The van der Waals surface area contributed by atoms with E-state index in [1.807, 2.05) is 23.5 Å². The van der Waals surface area contributed by atoms with Gasteiger partial charge in [-0.1, -0.05) is 0 Å². The summed E-state index contributed by atoms with van der Waals surface area (Å²) in [4.78, 5) is 3.21. The van der Waals surface area contributed by atoms with Crippen LogP contribution in [-0.2, 0) is 0 Å². The number of thioether (sulfide) groups is 2. The van der Waals surface area contributed by atoms with E-state index in [2.05, 4.69) is 5.32 Å². The van der Waals surface area contributed by atoms with Crippen molar-refractivity contribution in [3.63, 3.8) is 0 Å². The molecular weight excluding hydrogens is 150 g/mol. The summed E-state index contributed by atoms with van der Waals surface area (Å²) in [6.07, 6.45) is 0. The summed E-state index contributed by atoms with van der Waals surface area (Å²) in [5, 5.41) is 3.35. The zero-order valence-electron chi connectivity index (χ0n) is 5.14. The highest BCUT2D eigenvalue weighted by Crippen LogP contribution is 2.35. The van der Waals surface area contributed by atoms with E-state index in [0.29, 0.717) is 0 Å². The fraction of sp³-hybridized carbons (Fsp3) is 0.667. The molecule has 0 atom stereocenters. The van der Waals surface area contributed by atoms with Crippen molar-refractivity contribution in [2.75, 3.05) is 24.6 Å². The van der Waals surface area contributed by atoms with Crippen molar-refractivity contribution in [1.29, 1.82) is 0 Å². The highest BCUT2D eigenvalue weighted by atomic mass is 32.2. The molecule has 50 valence electrons. The minimum Gasteiger partial charge on any atom is -0.308 e. The molecule has 0 radical (unpaired) electrons. The minimum atomic E-state index is 1.13. The third-order valence-electron chi connectivity index (χ3n) is 1.52. The molecule has 1 nitrogen and oxygen atoms in total. The van der Waals surface area contributed by atoms with Gasteiger partial charge in [-0.15, -0.1) is 23.5 Å². The predicted octanol–water partition coefficient (Wildman–Crippen LogP) is 1.28. The zero-order valence-corrected chi connectivity index (χ0v) is 6.78. The summed E-state index contributed by atoms with van der Waals surface area (Å²) in [6, 6.07) is 0. The van der Waals surface area contributed by atoms with Gasteiger partial charge in [0.1, 0.15) is 0 Å². The standard InChI is InChI=1S/C6H9NS2/c1-2-9-6-4-7-3-5(6)8-1/h7H,1-4H2. The van der Waals surface area contributed by atoms with Crippen LogP contribution in [-0.4, -0.2) is 24.6 Å². The van der Waals surface area contributed by atoms with Gasteiger partial charge in [0.2, 0.25) is 0 Å². The first-order chi connectivity index (χ1) is 4.47. The van der Waals surface area contributed by atoms with Gasteiger partial charge in [-0.05, 0) is 0 Å². The van der Waals surface area contributed by atoms with Crippen molar-refractivity contribution in [3.8, 4) is 0 Å². The molecule has 0 aromatic rings. The predicted molar refractivity (Wildman–Crippen MR) is 44.8 cm³/mol. The van der Waals surface area contributed by atoms with Crippen LogP contribution in [0.5, 0.6) is 0 Å². The lowest BCUT2D eigenvalue weighted by atomic mass is 10.6. The molecule has 0 saturated heterocycles. The Morgan fingerprint density at radius 2 is 1.56 bits per heavy atom. The number of hydrogen-bond donors (Lipinski definition) is 1. The summed E-state index contributed by atoms with van der Waals surface area (Å²) in [5.74, 6) is 2.62. The maximum atomic E-state index is 3.35. The molecule has 2 aliphatic heterocycles. The van der Waals surface area contributed by atoms with Gasteiger partial charge in [0.25, 0.3) is 0 Å². The van der Waals surface area contributed by atoms with Gasteiger partial charge >= 0.3 is 0 Å². The van der Waals surface area contributed by atoms with Crippen molar-refractivity contribution >= 4 is 23.5 Å². The summed E-state index contributed by atoms with van der Waals surface area (Å²) in [5.41, 5.74) is 0. The van der Waals surface area contributed by atoms with Crippen molar-refractivity contribution in [2.45, 2.75) is 0 Å². The van der Waals surface area contributed by atoms with Gasteiger partial charge < -0.3 is 5.32 Å². The van der Waals surface area contributed by atoms with Gasteiger partial charge in [-0.25, -0.2) is 0 Å². The molecule has 2 heterocycles. The lowest BCUT2D eigenvalue weighted by Gasteiger charge is -2.10. The average Bonchev–Trinajstić information content (AvgIpc) is 2.33. The van der Waals surface area contributed by atoms with Crippen LogP contribution in [0, 0.1) is 0 Å². The lowest BCUT2D eigenvalue weighted by molar-refractivity contribution is 0.886. The Morgan fingerprint density at radius 3 is 2.11 bits per heavy atom. The third kappa shape index (κ3) is 1.14. The van der Waals surface area contributed by atoms with Crippen LogP contribution in [0.15, 0.2) is 9.81 Å². The smallest absolute Gasteiger partial charge is 0.0277 e. The van der Waals surface area contributed by atoms with Crippen molar-refractivity contribution in [1.82, 2.24) is 5.32 Å². The van der Waals surface area contributed by atoms with Crippen LogP contribution >= 0.6 is 23.5 Å². The van der Waals surface area contributed by atoms with Gasteiger partial charge in [-0.3, -0.25) is 0 Å². The van der Waals surface area contributed by atoms with Crippen LogP contribution in [0.25, 0.3) is 0 Å². The Labute approximate surface area is 63.7 Å². The molecule has 2 rings (SSSR count). The highest BCUT2D eigenvalue weighted by molar-refractivity contribution is 8.10. The molecule has 0 aromatic carbocycles. The van der Waals surface area contributed by atoms with E-state index < -0.39 is 0 Å². The summed E-state index contributed by atoms with van der Waals surface area (Å²) >= 11 is 4.06. The van der Waals surface area contributed by atoms with Gasteiger partial charge in [0, 0.05) is 34.4 Å². The first kappa shape index (κ1) is 6.13.